The Kier molecular flexibility index (Phi) is 2.53. The molecule has 0 unspecified atom stereocenters. The van der Waals surface area contributed by atoms with Crippen molar-refractivity contribution >= 4 is 7.12 Å². The van der Waals surface area contributed by atoms with E-state index in [1.54, 1.807) is 0 Å². The van der Waals surface area contributed by atoms with Crippen molar-refractivity contribution in [2.45, 2.75) is 71.9 Å². The second-order valence-corrected chi connectivity index (χ2v) is 7.50. The molecule has 2 nitrogen and oxygen atoms in total. The van der Waals surface area contributed by atoms with E-state index in [1.165, 1.54) is 6.42 Å². The highest BCUT2D eigenvalue weighted by Gasteiger charge is 2.61. The number of hydrogen-bond acceptors (Lipinski definition) is 2. The topological polar surface area (TPSA) is 18.5 Å². The van der Waals surface area contributed by atoms with Gasteiger partial charge in [-0.25, -0.2) is 0 Å². The molecule has 2 fully saturated rings. The van der Waals surface area contributed by atoms with Gasteiger partial charge in [-0.3, -0.25) is 0 Å². The van der Waals surface area contributed by atoms with E-state index in [0.717, 1.165) is 5.92 Å². The van der Waals surface area contributed by atoms with Crippen molar-refractivity contribution in [1.29, 1.82) is 0 Å². The van der Waals surface area contributed by atoms with Crippen LogP contribution >= 0.6 is 0 Å². The zero-order valence-electron chi connectivity index (χ0n) is 11.8. The van der Waals surface area contributed by atoms with Crippen molar-refractivity contribution in [1.82, 2.24) is 0 Å². The molecule has 1 aliphatic heterocycles. The van der Waals surface area contributed by atoms with Gasteiger partial charge in [0.1, 0.15) is 0 Å². The Hall–Kier alpha value is -0.0151. The molecule has 0 N–H and O–H groups in total. The minimum Gasteiger partial charge on any atom is -0.403 e. The lowest BCUT2D eigenvalue weighted by Crippen LogP contribution is -2.41. The first-order chi connectivity index (χ1) is 7.05. The third-order valence-electron chi connectivity index (χ3n) is 4.57. The predicted molar refractivity (Wildman–Crippen MR) is 67.4 cm³/mol. The minimum absolute atomic E-state index is 0.00854. The molecule has 0 bridgehead atoms. The van der Waals surface area contributed by atoms with Crippen LogP contribution in [0.25, 0.3) is 0 Å². The maximum Gasteiger partial charge on any atom is 0.461 e. The average molecular weight is 224 g/mol. The Bertz CT molecular complexity index is 275. The van der Waals surface area contributed by atoms with Gasteiger partial charge in [0.25, 0.3) is 0 Å². The lowest BCUT2D eigenvalue weighted by molar-refractivity contribution is 0.00578. The van der Waals surface area contributed by atoms with Gasteiger partial charge in [0.2, 0.25) is 0 Å². The molecule has 1 saturated carbocycles. The van der Waals surface area contributed by atoms with Crippen molar-refractivity contribution in [3.8, 4) is 0 Å². The SMILES string of the molecule is CC(C)(C)[C@@H]1C[C@H]1B1OC(C)(C)C(C)(C)O1. The van der Waals surface area contributed by atoms with Gasteiger partial charge in [-0.2, -0.15) is 0 Å². The average Bonchev–Trinajstić information content (AvgIpc) is 2.73. The highest BCUT2D eigenvalue weighted by Crippen LogP contribution is 2.59. The molecule has 0 aromatic rings. The zero-order chi connectivity index (χ0) is 12.4. The smallest absolute Gasteiger partial charge is 0.403 e. The second kappa shape index (κ2) is 3.26. The van der Waals surface area contributed by atoms with E-state index in [9.17, 15) is 0 Å². The molecule has 92 valence electrons. The molecule has 1 saturated heterocycles. The normalized spacial score (nSPS) is 36.6. The van der Waals surface area contributed by atoms with Crippen LogP contribution in [-0.2, 0) is 9.31 Å². The molecule has 16 heavy (non-hydrogen) atoms. The molecule has 2 aliphatic rings. The van der Waals surface area contributed by atoms with Crippen molar-refractivity contribution in [3.63, 3.8) is 0 Å². The van der Waals surface area contributed by atoms with E-state index in [2.05, 4.69) is 48.5 Å². The Morgan fingerprint density at radius 3 is 1.75 bits per heavy atom. The van der Waals surface area contributed by atoms with Crippen molar-refractivity contribution in [2.24, 2.45) is 11.3 Å². The predicted octanol–water partition coefficient (Wildman–Crippen LogP) is 3.51. The standard InChI is InChI=1S/C13H25BO2/c1-11(2,3)9-8-10(9)14-15-12(4,5)13(6,7)16-14/h9-10H,8H2,1-7H3/t9-,10-/m1/s1. The van der Waals surface area contributed by atoms with E-state index in [1.807, 2.05) is 0 Å². The minimum atomic E-state index is -0.178. The Morgan fingerprint density at radius 2 is 1.44 bits per heavy atom. The third-order valence-corrected chi connectivity index (χ3v) is 4.57. The molecule has 1 heterocycles. The fourth-order valence-electron chi connectivity index (χ4n) is 2.57. The molecule has 0 spiro atoms. The summed E-state index contributed by atoms with van der Waals surface area (Å²) in [6.45, 7) is 15.4. The van der Waals surface area contributed by atoms with Crippen LogP contribution < -0.4 is 0 Å². The maximum absolute atomic E-state index is 6.09. The molecular weight excluding hydrogens is 199 g/mol. The van der Waals surface area contributed by atoms with Crippen molar-refractivity contribution < 1.29 is 9.31 Å². The lowest BCUT2D eigenvalue weighted by atomic mass is 9.75. The third kappa shape index (κ3) is 1.93. The largest absolute Gasteiger partial charge is 0.461 e. The number of hydrogen-bond donors (Lipinski definition) is 0. The van der Waals surface area contributed by atoms with Gasteiger partial charge < -0.3 is 9.31 Å². The van der Waals surface area contributed by atoms with E-state index >= 15 is 0 Å². The first-order valence-electron chi connectivity index (χ1n) is 6.40. The Labute approximate surface area is 100 Å². The highest BCUT2D eigenvalue weighted by molar-refractivity contribution is 6.48. The van der Waals surface area contributed by atoms with E-state index in [0.29, 0.717) is 11.2 Å². The Morgan fingerprint density at radius 1 is 1.00 bits per heavy atom. The fraction of sp³-hybridized carbons (Fsp3) is 1.00. The van der Waals surface area contributed by atoms with Gasteiger partial charge >= 0.3 is 7.12 Å². The summed E-state index contributed by atoms with van der Waals surface area (Å²) in [6, 6.07) is 0. The molecule has 2 atom stereocenters. The fourth-order valence-corrected chi connectivity index (χ4v) is 2.57. The van der Waals surface area contributed by atoms with Crippen LogP contribution in [0.4, 0.5) is 0 Å². The van der Waals surface area contributed by atoms with Crippen LogP contribution in [0, 0.1) is 11.3 Å². The monoisotopic (exact) mass is 224 g/mol. The molecule has 0 radical (unpaired) electrons. The van der Waals surface area contributed by atoms with E-state index in [-0.39, 0.29) is 18.3 Å². The maximum atomic E-state index is 6.09. The first-order valence-corrected chi connectivity index (χ1v) is 6.40. The molecular formula is C13H25BO2. The van der Waals surface area contributed by atoms with Crippen LogP contribution in [0.5, 0.6) is 0 Å². The van der Waals surface area contributed by atoms with E-state index in [4.69, 9.17) is 9.31 Å². The van der Waals surface area contributed by atoms with Crippen LogP contribution in [-0.4, -0.2) is 18.3 Å². The van der Waals surface area contributed by atoms with Crippen molar-refractivity contribution in [2.75, 3.05) is 0 Å². The zero-order valence-corrected chi connectivity index (χ0v) is 11.8. The summed E-state index contributed by atoms with van der Waals surface area (Å²) in [5.41, 5.74) is 0.0274. The quantitative estimate of drug-likeness (QED) is 0.634. The summed E-state index contributed by atoms with van der Waals surface area (Å²) in [6.07, 6.45) is 1.25. The Balaban J connectivity index is 2.02. The number of rotatable bonds is 1. The summed E-state index contributed by atoms with van der Waals surface area (Å²) in [5, 5.41) is 0. The van der Waals surface area contributed by atoms with E-state index < -0.39 is 0 Å². The molecule has 0 amide bonds. The summed E-state index contributed by atoms with van der Waals surface area (Å²) >= 11 is 0. The molecule has 1 aliphatic carbocycles. The summed E-state index contributed by atoms with van der Waals surface area (Å²) in [4.78, 5) is 0. The van der Waals surface area contributed by atoms with Gasteiger partial charge in [0.05, 0.1) is 11.2 Å². The second-order valence-electron chi connectivity index (χ2n) is 7.50. The van der Waals surface area contributed by atoms with Gasteiger partial charge in [0, 0.05) is 0 Å². The summed E-state index contributed by atoms with van der Waals surface area (Å²) in [5.74, 6) is 1.35. The van der Waals surface area contributed by atoms with Crippen LogP contribution in [0.3, 0.4) is 0 Å². The summed E-state index contributed by atoms with van der Waals surface area (Å²) in [7, 11) is 0.00854. The molecule has 3 heteroatoms. The highest BCUT2D eigenvalue weighted by atomic mass is 16.7. The van der Waals surface area contributed by atoms with Crippen LogP contribution in [0.2, 0.25) is 5.82 Å². The summed E-state index contributed by atoms with van der Waals surface area (Å²) < 4.78 is 12.2. The van der Waals surface area contributed by atoms with Crippen LogP contribution in [0.15, 0.2) is 0 Å². The lowest BCUT2D eigenvalue weighted by Gasteiger charge is -2.32. The van der Waals surface area contributed by atoms with Gasteiger partial charge in [-0.15, -0.1) is 0 Å². The first kappa shape index (κ1) is 12.4. The van der Waals surface area contributed by atoms with Gasteiger partial charge in [-0.1, -0.05) is 20.8 Å². The van der Waals surface area contributed by atoms with Gasteiger partial charge in [-0.05, 0) is 51.3 Å². The van der Waals surface area contributed by atoms with Crippen LogP contribution in [0.1, 0.15) is 54.9 Å². The van der Waals surface area contributed by atoms with Gasteiger partial charge in [0.15, 0.2) is 0 Å². The molecule has 0 aromatic heterocycles. The molecule has 2 rings (SSSR count). The van der Waals surface area contributed by atoms with Crippen molar-refractivity contribution in [3.05, 3.63) is 0 Å². The molecule has 0 aromatic carbocycles.